The zero-order chi connectivity index (χ0) is 18.1. The molecule has 0 spiro atoms. The predicted molar refractivity (Wildman–Crippen MR) is 95.0 cm³/mol. The standard InChI is InChI=1S/C19H23N3O3/c1-15(23)22(14-17-7-9-20-10-8-17)12-11-21-19(24)13-16-3-5-18(25-2)6-4-16/h3-10H,11-14H2,1-2H3,(H,21,24). The molecule has 0 aliphatic heterocycles. The summed E-state index contributed by atoms with van der Waals surface area (Å²) >= 11 is 0. The molecule has 2 amide bonds. The minimum atomic E-state index is -0.0717. The van der Waals surface area contributed by atoms with Crippen molar-refractivity contribution in [3.63, 3.8) is 0 Å². The number of methoxy groups -OCH3 is 1. The number of aromatic nitrogens is 1. The molecule has 0 unspecified atom stereocenters. The van der Waals surface area contributed by atoms with Gasteiger partial charge in [0.1, 0.15) is 5.75 Å². The Balaban J connectivity index is 1.78. The quantitative estimate of drug-likeness (QED) is 0.795. The molecule has 0 saturated heterocycles. The molecule has 1 aromatic heterocycles. The van der Waals surface area contributed by atoms with Gasteiger partial charge < -0.3 is 15.0 Å². The van der Waals surface area contributed by atoms with Crippen LogP contribution in [-0.4, -0.2) is 41.9 Å². The molecule has 0 saturated carbocycles. The molecule has 1 heterocycles. The summed E-state index contributed by atoms with van der Waals surface area (Å²) in [6, 6.07) is 11.1. The van der Waals surface area contributed by atoms with Crippen LogP contribution in [0.4, 0.5) is 0 Å². The van der Waals surface area contributed by atoms with Gasteiger partial charge in [-0.05, 0) is 35.4 Å². The molecule has 1 N–H and O–H groups in total. The van der Waals surface area contributed by atoms with Gasteiger partial charge in [-0.3, -0.25) is 14.6 Å². The Morgan fingerprint density at radius 2 is 1.76 bits per heavy atom. The Kier molecular flexibility index (Phi) is 6.95. The van der Waals surface area contributed by atoms with Crippen molar-refractivity contribution in [2.24, 2.45) is 0 Å². The third kappa shape index (κ3) is 6.25. The number of hydrogen-bond acceptors (Lipinski definition) is 4. The number of carbonyl (C=O) groups excluding carboxylic acids is 2. The van der Waals surface area contributed by atoms with Crippen LogP contribution in [0, 0.1) is 0 Å². The van der Waals surface area contributed by atoms with Gasteiger partial charge in [0.2, 0.25) is 11.8 Å². The maximum Gasteiger partial charge on any atom is 0.224 e. The number of carbonyl (C=O) groups is 2. The Morgan fingerprint density at radius 3 is 2.36 bits per heavy atom. The third-order valence-electron chi connectivity index (χ3n) is 3.80. The highest BCUT2D eigenvalue weighted by Crippen LogP contribution is 2.11. The summed E-state index contributed by atoms with van der Waals surface area (Å²) in [5.74, 6) is 0.663. The van der Waals surface area contributed by atoms with Crippen LogP contribution in [0.15, 0.2) is 48.8 Å². The van der Waals surface area contributed by atoms with Crippen molar-refractivity contribution in [1.29, 1.82) is 0 Å². The van der Waals surface area contributed by atoms with E-state index in [1.165, 1.54) is 6.92 Å². The first-order chi connectivity index (χ1) is 12.1. The van der Waals surface area contributed by atoms with Crippen LogP contribution < -0.4 is 10.1 Å². The van der Waals surface area contributed by atoms with Gasteiger partial charge in [0, 0.05) is 39.0 Å². The number of nitrogens with zero attached hydrogens (tertiary/aromatic N) is 2. The van der Waals surface area contributed by atoms with Crippen molar-refractivity contribution < 1.29 is 14.3 Å². The molecular weight excluding hydrogens is 318 g/mol. The van der Waals surface area contributed by atoms with Gasteiger partial charge in [-0.15, -0.1) is 0 Å². The van der Waals surface area contributed by atoms with Crippen molar-refractivity contribution in [1.82, 2.24) is 15.2 Å². The summed E-state index contributed by atoms with van der Waals surface area (Å²) < 4.78 is 5.09. The second-order valence-electron chi connectivity index (χ2n) is 5.67. The van der Waals surface area contributed by atoms with E-state index >= 15 is 0 Å². The monoisotopic (exact) mass is 341 g/mol. The number of hydrogen-bond donors (Lipinski definition) is 1. The Labute approximate surface area is 147 Å². The van der Waals surface area contributed by atoms with Crippen molar-refractivity contribution in [3.8, 4) is 5.75 Å². The molecule has 2 rings (SSSR count). The van der Waals surface area contributed by atoms with E-state index in [2.05, 4.69) is 10.3 Å². The topological polar surface area (TPSA) is 71.5 Å². The van der Waals surface area contributed by atoms with E-state index in [0.717, 1.165) is 16.9 Å². The van der Waals surface area contributed by atoms with Gasteiger partial charge >= 0.3 is 0 Å². The normalized spacial score (nSPS) is 10.2. The molecule has 25 heavy (non-hydrogen) atoms. The minimum absolute atomic E-state index is 0.0267. The third-order valence-corrected chi connectivity index (χ3v) is 3.80. The number of rotatable bonds is 8. The first-order valence-corrected chi connectivity index (χ1v) is 8.12. The first-order valence-electron chi connectivity index (χ1n) is 8.12. The second kappa shape index (κ2) is 9.42. The molecule has 0 atom stereocenters. The molecule has 0 aliphatic rings. The molecule has 0 radical (unpaired) electrons. The van der Waals surface area contributed by atoms with Crippen LogP contribution >= 0.6 is 0 Å². The molecular formula is C19H23N3O3. The van der Waals surface area contributed by atoms with E-state index in [0.29, 0.717) is 26.1 Å². The smallest absolute Gasteiger partial charge is 0.224 e. The van der Waals surface area contributed by atoms with Crippen LogP contribution in [0.1, 0.15) is 18.1 Å². The molecule has 2 aromatic rings. The number of benzene rings is 1. The second-order valence-corrected chi connectivity index (χ2v) is 5.67. The van der Waals surface area contributed by atoms with Crippen molar-refractivity contribution in [3.05, 3.63) is 59.9 Å². The molecule has 6 heteroatoms. The summed E-state index contributed by atoms with van der Waals surface area (Å²) in [5, 5.41) is 2.85. The fourth-order valence-electron chi connectivity index (χ4n) is 2.38. The molecule has 6 nitrogen and oxygen atoms in total. The Morgan fingerprint density at radius 1 is 1.08 bits per heavy atom. The maximum absolute atomic E-state index is 12.0. The Hall–Kier alpha value is -2.89. The minimum Gasteiger partial charge on any atom is -0.497 e. The van der Waals surface area contributed by atoms with Gasteiger partial charge in [0.15, 0.2) is 0 Å². The highest BCUT2D eigenvalue weighted by Gasteiger charge is 2.10. The molecule has 0 aliphatic carbocycles. The lowest BCUT2D eigenvalue weighted by Crippen LogP contribution is -2.37. The largest absolute Gasteiger partial charge is 0.497 e. The summed E-state index contributed by atoms with van der Waals surface area (Å²) in [6.45, 7) is 2.91. The predicted octanol–water partition coefficient (Wildman–Crippen LogP) is 1.80. The lowest BCUT2D eigenvalue weighted by molar-refractivity contribution is -0.130. The zero-order valence-corrected chi connectivity index (χ0v) is 14.6. The van der Waals surface area contributed by atoms with E-state index in [9.17, 15) is 9.59 Å². The molecule has 1 aromatic carbocycles. The van der Waals surface area contributed by atoms with Gasteiger partial charge in [0.25, 0.3) is 0 Å². The number of pyridine rings is 1. The first kappa shape index (κ1) is 18.4. The fraction of sp³-hybridized carbons (Fsp3) is 0.316. The number of ether oxygens (including phenoxy) is 1. The molecule has 0 fully saturated rings. The summed E-state index contributed by atoms with van der Waals surface area (Å²) in [5.41, 5.74) is 1.92. The van der Waals surface area contributed by atoms with Crippen molar-refractivity contribution in [2.45, 2.75) is 19.9 Å². The average Bonchev–Trinajstić information content (AvgIpc) is 2.62. The molecule has 0 bridgehead atoms. The number of nitrogens with one attached hydrogen (secondary N) is 1. The van der Waals surface area contributed by atoms with Crippen LogP contribution in [0.5, 0.6) is 5.75 Å². The SMILES string of the molecule is COc1ccc(CC(=O)NCCN(Cc2ccncc2)C(C)=O)cc1. The van der Waals surface area contributed by atoms with Crippen molar-refractivity contribution >= 4 is 11.8 Å². The van der Waals surface area contributed by atoms with E-state index < -0.39 is 0 Å². The average molecular weight is 341 g/mol. The van der Waals surface area contributed by atoms with E-state index in [1.54, 1.807) is 24.4 Å². The van der Waals surface area contributed by atoms with Gasteiger partial charge in [-0.25, -0.2) is 0 Å². The Bertz CT molecular complexity index is 687. The van der Waals surface area contributed by atoms with Crippen LogP contribution in [0.3, 0.4) is 0 Å². The van der Waals surface area contributed by atoms with E-state index in [-0.39, 0.29) is 11.8 Å². The highest BCUT2D eigenvalue weighted by atomic mass is 16.5. The number of amides is 2. The van der Waals surface area contributed by atoms with Gasteiger partial charge in [0.05, 0.1) is 13.5 Å². The summed E-state index contributed by atoms with van der Waals surface area (Å²) in [6.07, 6.45) is 3.70. The van der Waals surface area contributed by atoms with E-state index in [4.69, 9.17) is 4.74 Å². The maximum atomic E-state index is 12.0. The van der Waals surface area contributed by atoms with Crippen LogP contribution in [0.2, 0.25) is 0 Å². The summed E-state index contributed by atoms with van der Waals surface area (Å²) in [7, 11) is 1.61. The highest BCUT2D eigenvalue weighted by molar-refractivity contribution is 5.78. The van der Waals surface area contributed by atoms with E-state index in [1.807, 2.05) is 36.4 Å². The molecule has 132 valence electrons. The zero-order valence-electron chi connectivity index (χ0n) is 14.6. The van der Waals surface area contributed by atoms with Gasteiger partial charge in [-0.1, -0.05) is 12.1 Å². The van der Waals surface area contributed by atoms with Crippen molar-refractivity contribution in [2.75, 3.05) is 20.2 Å². The fourth-order valence-corrected chi connectivity index (χ4v) is 2.38. The lowest BCUT2D eigenvalue weighted by atomic mass is 10.1. The van der Waals surface area contributed by atoms with Crippen LogP contribution in [0.25, 0.3) is 0 Å². The summed E-state index contributed by atoms with van der Waals surface area (Å²) in [4.78, 5) is 29.4. The van der Waals surface area contributed by atoms with Crippen LogP contribution in [-0.2, 0) is 22.6 Å². The van der Waals surface area contributed by atoms with Gasteiger partial charge in [-0.2, -0.15) is 0 Å². The lowest BCUT2D eigenvalue weighted by Gasteiger charge is -2.21.